The van der Waals surface area contributed by atoms with E-state index in [0.29, 0.717) is 26.8 Å². The number of rotatable bonds is 5. The van der Waals surface area contributed by atoms with Gasteiger partial charge in [0.1, 0.15) is 11.5 Å². The first-order valence-corrected chi connectivity index (χ1v) is 10.6. The van der Waals surface area contributed by atoms with E-state index in [2.05, 4.69) is 0 Å². The zero-order chi connectivity index (χ0) is 21.4. The van der Waals surface area contributed by atoms with Crippen molar-refractivity contribution in [2.24, 2.45) is 0 Å². The molecule has 3 rings (SSSR count). The summed E-state index contributed by atoms with van der Waals surface area (Å²) in [6, 6.07) is 13.9. The van der Waals surface area contributed by atoms with E-state index in [4.69, 9.17) is 9.39 Å². The fourth-order valence-corrected chi connectivity index (χ4v) is 5.13. The second kappa shape index (κ2) is 7.70. The van der Waals surface area contributed by atoms with Crippen LogP contribution < -0.4 is 10.2 Å². The molecule has 1 amide bonds. The Labute approximate surface area is 169 Å². The summed E-state index contributed by atoms with van der Waals surface area (Å²) in [4.78, 5) is 11.5. The highest BCUT2D eigenvalue weighted by Gasteiger charge is 2.43. The summed E-state index contributed by atoms with van der Waals surface area (Å²) in [5.74, 6) is 0.463. The molecule has 1 atom stereocenters. The summed E-state index contributed by atoms with van der Waals surface area (Å²) in [6.07, 6.45) is -2.57. The van der Waals surface area contributed by atoms with Crippen LogP contribution in [0.25, 0.3) is 0 Å². The molecule has 0 radical (unpaired) electrons. The monoisotopic (exact) mass is 419 g/mol. The molecular formula is C19H22BNO7S. The number of fused-ring (bicyclic) bond motifs is 1. The molecule has 1 heterocycles. The van der Waals surface area contributed by atoms with E-state index in [1.807, 2.05) is 18.2 Å². The van der Waals surface area contributed by atoms with Crippen molar-refractivity contribution in [3.05, 3.63) is 54.1 Å². The van der Waals surface area contributed by atoms with Crippen LogP contribution in [0, 0.1) is 0 Å². The van der Waals surface area contributed by atoms with Crippen LogP contribution in [0.1, 0.15) is 32.4 Å². The molecule has 0 saturated heterocycles. The fourth-order valence-electron chi connectivity index (χ4n) is 3.27. The molecule has 154 valence electrons. The lowest BCUT2D eigenvalue weighted by atomic mass is 9.79. The van der Waals surface area contributed by atoms with E-state index < -0.39 is 40.6 Å². The zero-order valence-corrected chi connectivity index (χ0v) is 17.1. The predicted octanol–water partition coefficient (Wildman–Crippen LogP) is 2.35. The number of carbonyl (C=O) groups is 1. The fraction of sp³-hybridized carbons (Fsp3) is 0.316. The predicted molar refractivity (Wildman–Crippen MR) is 108 cm³/mol. The number of ether oxygens (including phenoxy) is 1. The van der Waals surface area contributed by atoms with Crippen molar-refractivity contribution >= 4 is 28.7 Å². The minimum absolute atomic E-state index is 0.385. The van der Waals surface area contributed by atoms with Gasteiger partial charge in [0.15, 0.2) is 0 Å². The first kappa shape index (κ1) is 21.2. The average Bonchev–Trinajstić information content (AvgIpc) is 2.88. The van der Waals surface area contributed by atoms with Crippen LogP contribution in [-0.4, -0.2) is 47.4 Å². The molecule has 29 heavy (non-hydrogen) atoms. The van der Waals surface area contributed by atoms with Crippen molar-refractivity contribution in [3.8, 4) is 11.5 Å². The summed E-state index contributed by atoms with van der Waals surface area (Å²) in [6.45, 7) is 4.47. The lowest BCUT2D eigenvalue weighted by Gasteiger charge is -2.32. The Hall–Kier alpha value is -2.56. The maximum Gasteiger partial charge on any atom is 0.492 e. The third-order valence-electron chi connectivity index (χ3n) is 4.37. The van der Waals surface area contributed by atoms with Gasteiger partial charge in [0.25, 0.3) is 0 Å². The summed E-state index contributed by atoms with van der Waals surface area (Å²) in [7, 11) is -5.56. The van der Waals surface area contributed by atoms with Crippen LogP contribution in [0.15, 0.2) is 48.5 Å². The van der Waals surface area contributed by atoms with Gasteiger partial charge in [-0.3, -0.25) is 0 Å². The van der Waals surface area contributed by atoms with E-state index in [9.17, 15) is 23.3 Å². The molecule has 2 aromatic rings. The number of amides is 1. The van der Waals surface area contributed by atoms with Gasteiger partial charge in [-0.25, -0.2) is 13.2 Å². The van der Waals surface area contributed by atoms with Gasteiger partial charge in [0.2, 0.25) is 10.0 Å². The standard InChI is InChI=1S/C19H22BNO7S/c1-19(2,3)21(18(22)23)29(25,26)12-17-15-10-9-14(11-16(15)20(24)28-17)27-13-7-5-4-6-8-13/h4-11,17,24H,12H2,1-3H3,(H,22,23). The van der Waals surface area contributed by atoms with Crippen LogP contribution in [0.3, 0.4) is 0 Å². The summed E-state index contributed by atoms with van der Waals surface area (Å²) < 4.78 is 37.1. The Bertz CT molecular complexity index is 1000. The van der Waals surface area contributed by atoms with Crippen LogP contribution >= 0.6 is 0 Å². The van der Waals surface area contributed by atoms with Crippen molar-refractivity contribution < 1.29 is 32.7 Å². The minimum atomic E-state index is -4.22. The van der Waals surface area contributed by atoms with Gasteiger partial charge in [0.05, 0.1) is 17.4 Å². The lowest BCUT2D eigenvalue weighted by Crippen LogP contribution is -2.50. The van der Waals surface area contributed by atoms with Gasteiger partial charge >= 0.3 is 13.2 Å². The highest BCUT2D eigenvalue weighted by atomic mass is 32.2. The molecule has 0 aliphatic carbocycles. The molecule has 1 aliphatic rings. The molecule has 0 aromatic heterocycles. The molecule has 10 heteroatoms. The Morgan fingerprint density at radius 3 is 2.41 bits per heavy atom. The summed E-state index contributed by atoms with van der Waals surface area (Å²) in [5.41, 5.74) is -0.296. The van der Waals surface area contributed by atoms with Crippen molar-refractivity contribution in [1.29, 1.82) is 0 Å². The Morgan fingerprint density at radius 1 is 1.17 bits per heavy atom. The highest BCUT2D eigenvalue weighted by Crippen LogP contribution is 2.31. The van der Waals surface area contributed by atoms with E-state index in [-0.39, 0.29) is 0 Å². The summed E-state index contributed by atoms with van der Waals surface area (Å²) >= 11 is 0. The lowest BCUT2D eigenvalue weighted by molar-refractivity contribution is 0.145. The highest BCUT2D eigenvalue weighted by molar-refractivity contribution is 7.89. The van der Waals surface area contributed by atoms with Gasteiger partial charge in [-0.15, -0.1) is 0 Å². The third-order valence-corrected chi connectivity index (χ3v) is 6.35. The van der Waals surface area contributed by atoms with E-state index in [1.54, 1.807) is 30.3 Å². The number of hydrogen-bond acceptors (Lipinski definition) is 6. The molecule has 2 aromatic carbocycles. The SMILES string of the molecule is CC(C)(C)N(C(=O)O)S(=O)(=O)CC1OB(O)c2cc(Oc3ccccc3)ccc21. The van der Waals surface area contributed by atoms with Crippen LogP contribution in [-0.2, 0) is 14.7 Å². The van der Waals surface area contributed by atoms with Crippen molar-refractivity contribution in [3.63, 3.8) is 0 Å². The molecule has 8 nitrogen and oxygen atoms in total. The van der Waals surface area contributed by atoms with Crippen LogP contribution in [0.4, 0.5) is 4.79 Å². The Kier molecular flexibility index (Phi) is 5.62. The van der Waals surface area contributed by atoms with E-state index in [1.165, 1.54) is 20.8 Å². The number of sulfonamides is 1. The first-order valence-electron chi connectivity index (χ1n) is 8.95. The number of nitrogens with zero attached hydrogens (tertiary/aromatic N) is 1. The first-order chi connectivity index (χ1) is 13.5. The third kappa shape index (κ3) is 4.55. The van der Waals surface area contributed by atoms with Gasteiger partial charge < -0.3 is 19.5 Å². The average molecular weight is 419 g/mol. The molecular weight excluding hydrogens is 397 g/mol. The normalized spacial score (nSPS) is 16.4. The molecule has 1 unspecified atom stereocenters. The quantitative estimate of drug-likeness (QED) is 0.716. The maximum atomic E-state index is 12.8. The smallest absolute Gasteiger partial charge is 0.464 e. The number of para-hydroxylation sites is 1. The molecule has 2 N–H and O–H groups in total. The van der Waals surface area contributed by atoms with E-state index >= 15 is 0 Å². The maximum absolute atomic E-state index is 12.8. The summed E-state index contributed by atoms with van der Waals surface area (Å²) in [5, 5.41) is 19.6. The number of hydrogen-bond donors (Lipinski definition) is 2. The Balaban J connectivity index is 1.85. The van der Waals surface area contributed by atoms with Gasteiger partial charge in [-0.2, -0.15) is 4.31 Å². The van der Waals surface area contributed by atoms with Gasteiger partial charge in [-0.05, 0) is 56.1 Å². The molecule has 0 fully saturated rings. The second-order valence-electron chi connectivity index (χ2n) is 7.68. The molecule has 0 bridgehead atoms. The molecule has 0 saturated carbocycles. The number of carboxylic acid groups (broad SMARTS) is 1. The number of benzene rings is 2. The molecule has 1 aliphatic heterocycles. The molecule has 0 spiro atoms. The van der Waals surface area contributed by atoms with Crippen LogP contribution in [0.2, 0.25) is 0 Å². The largest absolute Gasteiger partial charge is 0.492 e. The van der Waals surface area contributed by atoms with Crippen molar-refractivity contribution in [1.82, 2.24) is 4.31 Å². The van der Waals surface area contributed by atoms with Gasteiger partial charge in [0, 0.05) is 0 Å². The van der Waals surface area contributed by atoms with Crippen LogP contribution in [0.5, 0.6) is 11.5 Å². The minimum Gasteiger partial charge on any atom is -0.464 e. The Morgan fingerprint density at radius 2 is 1.83 bits per heavy atom. The topological polar surface area (TPSA) is 113 Å². The van der Waals surface area contributed by atoms with Gasteiger partial charge in [-0.1, -0.05) is 24.3 Å². The zero-order valence-electron chi connectivity index (χ0n) is 16.3. The van der Waals surface area contributed by atoms with E-state index in [0.717, 1.165) is 0 Å². The van der Waals surface area contributed by atoms with Crippen molar-refractivity contribution in [2.75, 3.05) is 5.75 Å². The van der Waals surface area contributed by atoms with Crippen molar-refractivity contribution in [2.45, 2.75) is 32.4 Å². The second-order valence-corrected chi connectivity index (χ2v) is 9.54.